The highest BCUT2D eigenvalue weighted by atomic mass is 35.5. The van der Waals surface area contributed by atoms with Gasteiger partial charge in [-0.1, -0.05) is 41.4 Å². The van der Waals surface area contributed by atoms with Gasteiger partial charge in [0.15, 0.2) is 0 Å². The van der Waals surface area contributed by atoms with E-state index in [1.54, 1.807) is 6.07 Å². The zero-order chi connectivity index (χ0) is 19.0. The van der Waals surface area contributed by atoms with E-state index in [0.717, 1.165) is 5.56 Å². The van der Waals surface area contributed by atoms with Gasteiger partial charge in [0.1, 0.15) is 5.82 Å². The highest BCUT2D eigenvalue weighted by Crippen LogP contribution is 2.27. The van der Waals surface area contributed by atoms with Crippen molar-refractivity contribution in [1.29, 1.82) is 0 Å². The zero-order valence-corrected chi connectivity index (χ0v) is 15.2. The number of hydrogen-bond acceptors (Lipinski definition) is 3. The van der Waals surface area contributed by atoms with E-state index < -0.39 is 5.82 Å². The van der Waals surface area contributed by atoms with Crippen molar-refractivity contribution in [2.24, 2.45) is 0 Å². The molecule has 1 N–H and O–H groups in total. The number of halogens is 2. The summed E-state index contributed by atoms with van der Waals surface area (Å²) in [5, 5.41) is 3.79. The lowest BCUT2D eigenvalue weighted by atomic mass is 10.1. The van der Waals surface area contributed by atoms with Crippen LogP contribution in [0.25, 0.3) is 16.6 Å². The van der Waals surface area contributed by atoms with Crippen LogP contribution in [0.1, 0.15) is 5.56 Å². The minimum Gasteiger partial charge on any atom is -0.324 e. The number of rotatable bonds is 3. The van der Waals surface area contributed by atoms with E-state index in [1.807, 2.05) is 49.4 Å². The van der Waals surface area contributed by atoms with Crippen molar-refractivity contribution in [3.8, 4) is 5.69 Å². The van der Waals surface area contributed by atoms with E-state index in [4.69, 9.17) is 11.6 Å². The number of nitrogens with one attached hydrogen (secondary N) is 1. The maximum absolute atomic E-state index is 13.4. The van der Waals surface area contributed by atoms with E-state index in [2.05, 4.69) is 10.3 Å². The van der Waals surface area contributed by atoms with Gasteiger partial charge >= 0.3 is 0 Å². The van der Waals surface area contributed by atoms with Crippen molar-refractivity contribution < 1.29 is 4.39 Å². The van der Waals surface area contributed by atoms with Crippen molar-refractivity contribution in [3.63, 3.8) is 0 Å². The molecule has 4 nitrogen and oxygen atoms in total. The van der Waals surface area contributed by atoms with Gasteiger partial charge in [-0.25, -0.2) is 13.9 Å². The highest BCUT2D eigenvalue weighted by molar-refractivity contribution is 6.33. The van der Waals surface area contributed by atoms with Crippen LogP contribution in [-0.4, -0.2) is 9.55 Å². The van der Waals surface area contributed by atoms with E-state index >= 15 is 0 Å². The largest absolute Gasteiger partial charge is 0.324 e. The molecular weight excluding hydrogens is 365 g/mol. The second kappa shape index (κ2) is 6.85. The van der Waals surface area contributed by atoms with Gasteiger partial charge < -0.3 is 5.32 Å². The second-order valence-corrected chi connectivity index (χ2v) is 6.59. The molecule has 0 fully saturated rings. The van der Waals surface area contributed by atoms with Crippen LogP contribution in [0, 0.1) is 12.7 Å². The Balaban J connectivity index is 1.98. The molecule has 0 radical (unpaired) electrons. The lowest BCUT2D eigenvalue weighted by Crippen LogP contribution is -2.23. The molecule has 27 heavy (non-hydrogen) atoms. The van der Waals surface area contributed by atoms with Gasteiger partial charge in [-0.05, 0) is 49.4 Å². The summed E-state index contributed by atoms with van der Waals surface area (Å²) in [5.41, 5.74) is 2.47. The van der Waals surface area contributed by atoms with Crippen LogP contribution in [0.15, 0.2) is 71.5 Å². The van der Waals surface area contributed by atoms with Crippen molar-refractivity contribution >= 4 is 34.1 Å². The summed E-state index contributed by atoms with van der Waals surface area (Å²) >= 11 is 6.14. The zero-order valence-electron chi connectivity index (χ0n) is 14.4. The molecule has 4 aromatic rings. The molecule has 0 aliphatic rings. The van der Waals surface area contributed by atoms with Gasteiger partial charge in [-0.2, -0.15) is 0 Å². The normalized spacial score (nSPS) is 10.9. The maximum Gasteiger partial charge on any atom is 0.267 e. The first-order chi connectivity index (χ1) is 13.0. The highest BCUT2D eigenvalue weighted by Gasteiger charge is 2.14. The van der Waals surface area contributed by atoms with Gasteiger partial charge in [0.05, 0.1) is 27.3 Å². The van der Waals surface area contributed by atoms with Crippen LogP contribution >= 0.6 is 11.6 Å². The molecule has 4 rings (SSSR count). The van der Waals surface area contributed by atoms with Crippen molar-refractivity contribution in [1.82, 2.24) is 9.55 Å². The summed E-state index contributed by atoms with van der Waals surface area (Å²) in [6.45, 7) is 1.93. The Bertz CT molecular complexity index is 1210. The monoisotopic (exact) mass is 379 g/mol. The summed E-state index contributed by atoms with van der Waals surface area (Å²) in [6, 6.07) is 18.7. The maximum atomic E-state index is 13.4. The first kappa shape index (κ1) is 17.2. The van der Waals surface area contributed by atoms with Gasteiger partial charge in [0.25, 0.3) is 5.56 Å². The first-order valence-corrected chi connectivity index (χ1v) is 8.71. The fourth-order valence-electron chi connectivity index (χ4n) is 2.91. The van der Waals surface area contributed by atoms with E-state index in [0.29, 0.717) is 28.2 Å². The number of anilines is 2. The van der Waals surface area contributed by atoms with Crippen LogP contribution in [0.4, 0.5) is 16.0 Å². The van der Waals surface area contributed by atoms with Gasteiger partial charge in [-0.3, -0.25) is 4.79 Å². The van der Waals surface area contributed by atoms with Crippen molar-refractivity contribution in [2.45, 2.75) is 6.92 Å². The first-order valence-electron chi connectivity index (χ1n) is 8.34. The van der Waals surface area contributed by atoms with Crippen LogP contribution < -0.4 is 10.9 Å². The molecule has 0 amide bonds. The lowest BCUT2D eigenvalue weighted by Gasteiger charge is -2.16. The summed E-state index contributed by atoms with van der Waals surface area (Å²) in [4.78, 5) is 17.8. The number of para-hydroxylation sites is 1. The molecule has 0 atom stereocenters. The molecule has 0 spiro atoms. The molecule has 3 aromatic carbocycles. The number of aryl methyl sites for hydroxylation is 1. The van der Waals surface area contributed by atoms with E-state index in [9.17, 15) is 9.18 Å². The summed E-state index contributed by atoms with van der Waals surface area (Å²) in [6.07, 6.45) is 0. The van der Waals surface area contributed by atoms with Crippen LogP contribution in [0.3, 0.4) is 0 Å². The quantitative estimate of drug-likeness (QED) is 0.530. The fourth-order valence-corrected chi connectivity index (χ4v) is 3.13. The van der Waals surface area contributed by atoms with Crippen LogP contribution in [0.5, 0.6) is 0 Å². The predicted octanol–water partition coefficient (Wildman–Crippen LogP) is 5.23. The van der Waals surface area contributed by atoms with Crippen molar-refractivity contribution in [2.75, 3.05) is 5.32 Å². The molecule has 0 unspecified atom stereocenters. The Kier molecular flexibility index (Phi) is 4.38. The molecule has 0 aliphatic carbocycles. The summed E-state index contributed by atoms with van der Waals surface area (Å²) in [5.74, 6) is -0.135. The van der Waals surface area contributed by atoms with Gasteiger partial charge in [-0.15, -0.1) is 0 Å². The standard InChI is InChI=1S/C21H15ClFN3O/c1-13-7-9-18-16(11-13)20(27)26(15-5-3-2-4-6-15)21(24-18)25-19-10-8-14(23)12-17(19)22/h2-12H,1H3,(H,24,25). The minimum absolute atomic E-state index is 0.198. The Hall–Kier alpha value is -3.18. The Labute approximate surface area is 159 Å². The van der Waals surface area contributed by atoms with Crippen molar-refractivity contribution in [3.05, 3.63) is 93.5 Å². The third-order valence-corrected chi connectivity index (χ3v) is 4.53. The van der Waals surface area contributed by atoms with E-state index in [1.165, 1.54) is 22.8 Å². The third kappa shape index (κ3) is 3.29. The molecule has 0 saturated heterocycles. The smallest absolute Gasteiger partial charge is 0.267 e. The van der Waals surface area contributed by atoms with Crippen LogP contribution in [0.2, 0.25) is 5.02 Å². The molecule has 0 saturated carbocycles. The number of benzene rings is 3. The average molecular weight is 380 g/mol. The number of fused-ring (bicyclic) bond motifs is 1. The average Bonchev–Trinajstić information content (AvgIpc) is 2.65. The Morgan fingerprint density at radius 2 is 1.81 bits per heavy atom. The second-order valence-electron chi connectivity index (χ2n) is 6.18. The summed E-state index contributed by atoms with van der Waals surface area (Å²) in [7, 11) is 0. The summed E-state index contributed by atoms with van der Waals surface area (Å²) < 4.78 is 14.8. The predicted molar refractivity (Wildman–Crippen MR) is 107 cm³/mol. The molecular formula is C21H15ClFN3O. The van der Waals surface area contributed by atoms with Gasteiger partial charge in [0.2, 0.25) is 5.95 Å². The number of nitrogens with zero attached hydrogens (tertiary/aromatic N) is 2. The molecule has 6 heteroatoms. The van der Waals surface area contributed by atoms with E-state index in [-0.39, 0.29) is 10.6 Å². The SMILES string of the molecule is Cc1ccc2nc(Nc3ccc(F)cc3Cl)n(-c3ccccc3)c(=O)c2c1. The fraction of sp³-hybridized carbons (Fsp3) is 0.0476. The lowest BCUT2D eigenvalue weighted by molar-refractivity contribution is 0.628. The Morgan fingerprint density at radius 1 is 1.04 bits per heavy atom. The molecule has 134 valence electrons. The van der Waals surface area contributed by atoms with Crippen LogP contribution in [-0.2, 0) is 0 Å². The molecule has 1 heterocycles. The number of aromatic nitrogens is 2. The Morgan fingerprint density at radius 3 is 2.56 bits per heavy atom. The third-order valence-electron chi connectivity index (χ3n) is 4.22. The topological polar surface area (TPSA) is 46.9 Å². The number of hydrogen-bond donors (Lipinski definition) is 1. The molecule has 0 bridgehead atoms. The van der Waals surface area contributed by atoms with Gasteiger partial charge in [0, 0.05) is 0 Å². The molecule has 1 aromatic heterocycles. The minimum atomic E-state index is -0.437. The molecule has 0 aliphatic heterocycles.